The number of morpholine rings is 2. The molecule has 8 rings (SSSR count). The number of hydrogen-bond acceptors (Lipinski definition) is 21. The summed E-state index contributed by atoms with van der Waals surface area (Å²) < 4.78 is 34.2. The minimum atomic E-state index is 0. The van der Waals surface area contributed by atoms with Crippen LogP contribution in [0.2, 0.25) is 0 Å². The van der Waals surface area contributed by atoms with Gasteiger partial charge in [0.25, 0.3) is 0 Å². The van der Waals surface area contributed by atoms with E-state index >= 15 is 0 Å². The molecule has 2 aromatic carbocycles. The number of nitrogens with one attached hydrogen (secondary N) is 1. The highest BCUT2D eigenvalue weighted by Gasteiger charge is 2.21. The van der Waals surface area contributed by atoms with Crippen LogP contribution in [-0.4, -0.2) is 133 Å². The van der Waals surface area contributed by atoms with Gasteiger partial charge in [-0.25, -0.2) is 24.9 Å². The van der Waals surface area contributed by atoms with Crippen molar-refractivity contribution in [3.05, 3.63) is 74.4 Å². The summed E-state index contributed by atoms with van der Waals surface area (Å²) in [6.07, 6.45) is 0. The van der Waals surface area contributed by atoms with Crippen LogP contribution in [0.25, 0.3) is 21.1 Å². The first-order chi connectivity index (χ1) is 33.2. The Balaban J connectivity index is 0.000000262. The molecule has 71 heavy (non-hydrogen) atoms. The predicted octanol–water partition coefficient (Wildman–Crippen LogP) is 9.18. The summed E-state index contributed by atoms with van der Waals surface area (Å²) in [5.41, 5.74) is 26.4. The maximum Gasteiger partial charge on any atom is 0.200 e. The maximum absolute atomic E-state index is 6.10. The van der Waals surface area contributed by atoms with Crippen LogP contribution in [0.5, 0.6) is 23.0 Å². The van der Waals surface area contributed by atoms with E-state index in [1.165, 1.54) is 28.4 Å². The number of thiazole rings is 2. The third-order valence-electron chi connectivity index (χ3n) is 10.8. The number of nitrogen functional groups attached to an aromatic ring is 4. The van der Waals surface area contributed by atoms with E-state index in [0.29, 0.717) is 63.8 Å². The van der Waals surface area contributed by atoms with Gasteiger partial charge in [-0.15, -0.1) is 22.7 Å². The number of nitrogens with two attached hydrogens (primary N) is 4. The third kappa shape index (κ3) is 17.4. The van der Waals surface area contributed by atoms with Crippen molar-refractivity contribution in [2.45, 2.75) is 65.8 Å². The second kappa shape index (κ2) is 28.6. The van der Waals surface area contributed by atoms with Gasteiger partial charge in [-0.2, -0.15) is 0 Å². The second-order valence-electron chi connectivity index (χ2n) is 16.2. The fourth-order valence-corrected chi connectivity index (χ4v) is 10.6. The highest BCUT2D eigenvalue weighted by molar-refractivity contribution is 7.99. The van der Waals surface area contributed by atoms with E-state index in [4.69, 9.17) is 61.3 Å². The van der Waals surface area contributed by atoms with Crippen molar-refractivity contribution in [1.29, 1.82) is 0 Å². The third-order valence-corrected chi connectivity index (χ3v) is 14.0. The molecule has 2 fully saturated rings. The summed E-state index contributed by atoms with van der Waals surface area (Å²) in [4.78, 5) is 31.7. The molecule has 6 heterocycles. The Bertz CT molecular complexity index is 2590. The van der Waals surface area contributed by atoms with Crippen LogP contribution in [0.15, 0.2) is 53.7 Å². The monoisotopic (exact) mass is 1050 g/mol. The topological polar surface area (TPSA) is 246 Å². The van der Waals surface area contributed by atoms with Gasteiger partial charge in [0.2, 0.25) is 0 Å². The molecule has 0 aliphatic carbocycles. The van der Waals surface area contributed by atoms with E-state index in [2.05, 4.69) is 82.6 Å². The lowest BCUT2D eigenvalue weighted by Crippen LogP contribution is -2.38. The van der Waals surface area contributed by atoms with Gasteiger partial charge in [-0.05, 0) is 75.3 Å². The first-order valence-electron chi connectivity index (χ1n) is 22.6. The molecule has 0 amide bonds. The van der Waals surface area contributed by atoms with Crippen molar-refractivity contribution >= 4 is 69.9 Å². The second-order valence-corrected chi connectivity index (χ2v) is 20.3. The van der Waals surface area contributed by atoms with Gasteiger partial charge in [-0.1, -0.05) is 40.5 Å². The molecular weight excluding hydrogens is 981 g/mol. The molecular formula is C49H72N12O6S4. The number of benzene rings is 2. The Labute approximate surface area is 436 Å². The smallest absolute Gasteiger partial charge is 0.200 e. The SMILES string of the molecule is C.C.COc1ccc(-c2nc(C(C)C)c(C)s2)cc1OCCN1CCOCC1.COc1ccc(-c2nc(C(C)Sc3nc(N)cc(N)n3)c(C)s2)cc1OCCN1CCOCC1.Nc1cc(N)[nH]c(=S)n1. The summed E-state index contributed by atoms with van der Waals surface area (Å²) in [5.74, 6) is 4.89. The van der Waals surface area contributed by atoms with Crippen molar-refractivity contribution in [3.8, 4) is 44.1 Å². The van der Waals surface area contributed by atoms with Crippen LogP contribution in [0.3, 0.4) is 0 Å². The van der Waals surface area contributed by atoms with Crippen molar-refractivity contribution < 1.29 is 28.4 Å². The van der Waals surface area contributed by atoms with Crippen LogP contribution < -0.4 is 41.9 Å². The number of ether oxygens (including phenoxy) is 6. The molecule has 1 atom stereocenters. The number of aryl methyl sites for hydroxylation is 2. The fourth-order valence-electron chi connectivity index (χ4n) is 7.27. The molecule has 2 aliphatic heterocycles. The van der Waals surface area contributed by atoms with Gasteiger partial charge in [-0.3, -0.25) is 9.80 Å². The van der Waals surface area contributed by atoms with Crippen molar-refractivity contribution in [1.82, 2.24) is 39.7 Å². The Morgan fingerprint density at radius 3 is 1.52 bits per heavy atom. The van der Waals surface area contributed by atoms with E-state index in [1.54, 1.807) is 43.0 Å². The zero-order valence-electron chi connectivity index (χ0n) is 40.3. The molecule has 0 saturated carbocycles. The lowest BCUT2D eigenvalue weighted by molar-refractivity contribution is 0.0320. The molecule has 22 heteroatoms. The Kier molecular flexibility index (Phi) is 23.5. The number of thioether (sulfide) groups is 1. The molecule has 2 saturated heterocycles. The molecule has 4 aromatic heterocycles. The molecule has 1 unspecified atom stereocenters. The number of methoxy groups -OCH3 is 2. The van der Waals surface area contributed by atoms with Gasteiger partial charge in [0.05, 0.1) is 57.3 Å². The van der Waals surface area contributed by atoms with Gasteiger partial charge < -0.3 is 56.3 Å². The van der Waals surface area contributed by atoms with E-state index in [9.17, 15) is 0 Å². The first kappa shape index (κ1) is 58.2. The minimum Gasteiger partial charge on any atom is -0.493 e. The lowest BCUT2D eigenvalue weighted by Gasteiger charge is -2.26. The van der Waals surface area contributed by atoms with Crippen LogP contribution >= 0.6 is 46.7 Å². The van der Waals surface area contributed by atoms with Crippen molar-refractivity contribution in [3.63, 3.8) is 0 Å². The molecule has 6 aromatic rings. The summed E-state index contributed by atoms with van der Waals surface area (Å²) in [6.45, 7) is 20.6. The summed E-state index contributed by atoms with van der Waals surface area (Å²) in [5, 5.41) is 2.54. The largest absolute Gasteiger partial charge is 0.493 e. The molecule has 0 bridgehead atoms. The maximum atomic E-state index is 6.10. The molecule has 388 valence electrons. The predicted molar refractivity (Wildman–Crippen MR) is 294 cm³/mol. The molecule has 0 radical (unpaired) electrons. The number of anilines is 4. The fraction of sp³-hybridized carbons (Fsp3) is 0.469. The van der Waals surface area contributed by atoms with Gasteiger partial charge in [0.1, 0.15) is 46.5 Å². The summed E-state index contributed by atoms with van der Waals surface area (Å²) in [6, 6.07) is 15.1. The Morgan fingerprint density at radius 2 is 1.10 bits per heavy atom. The van der Waals surface area contributed by atoms with E-state index in [0.717, 1.165) is 109 Å². The molecule has 0 spiro atoms. The van der Waals surface area contributed by atoms with E-state index in [1.807, 2.05) is 30.3 Å². The first-order valence-corrected chi connectivity index (χ1v) is 25.5. The molecule has 2 aliphatic rings. The van der Waals surface area contributed by atoms with Crippen LogP contribution in [0.4, 0.5) is 23.3 Å². The normalized spacial score (nSPS) is 14.1. The minimum absolute atomic E-state index is 0. The number of hydrogen-bond donors (Lipinski definition) is 5. The standard InChI is InChI=1S/C23H30N6O3S2.C20H28N2O3S.C4H6N4S.2CH4/c1-14-21(15(2)34-23-26-19(24)13-20(25)27-23)28-22(33-14)16-4-5-17(30-3)18(12-16)32-11-8-29-6-9-31-10-7-29;1-14(2)19-15(3)26-20(21-19)16-5-6-17(23-4)18(13-16)25-12-9-22-7-10-24-11-8-22;5-2-1-3(6)8-4(9)7-2;;/h4-5,12-13,15H,6-11H2,1-3H3,(H4,24,25,26,27);5-6,13-14H,7-12H2,1-4H3;1H,(H5,5,6,7,8,9);2*1H4. The molecule has 9 N–H and O–H groups in total. The van der Waals surface area contributed by atoms with E-state index in [-0.39, 0.29) is 20.1 Å². The Hall–Kier alpha value is -5.33. The lowest BCUT2D eigenvalue weighted by atomic mass is 10.1. The summed E-state index contributed by atoms with van der Waals surface area (Å²) in [7, 11) is 3.33. The number of aromatic nitrogens is 6. The zero-order valence-corrected chi connectivity index (χ0v) is 43.5. The zero-order chi connectivity index (χ0) is 49.5. The Morgan fingerprint density at radius 1 is 0.648 bits per heavy atom. The van der Waals surface area contributed by atoms with Gasteiger partial charge in [0.15, 0.2) is 32.9 Å². The van der Waals surface area contributed by atoms with Crippen LogP contribution in [-0.2, 0) is 9.47 Å². The van der Waals surface area contributed by atoms with E-state index < -0.39 is 0 Å². The highest BCUT2D eigenvalue weighted by atomic mass is 32.2. The number of nitrogens with zero attached hydrogens (tertiary/aromatic N) is 7. The van der Waals surface area contributed by atoms with Gasteiger partial charge in [0, 0.05) is 72.3 Å². The average Bonchev–Trinajstić information content (AvgIpc) is 3.92. The number of aromatic amines is 1. The van der Waals surface area contributed by atoms with Crippen LogP contribution in [0, 0.1) is 18.6 Å². The highest BCUT2D eigenvalue weighted by Crippen LogP contribution is 2.41. The van der Waals surface area contributed by atoms with Gasteiger partial charge >= 0.3 is 0 Å². The van der Waals surface area contributed by atoms with Crippen molar-refractivity contribution in [2.24, 2.45) is 0 Å². The van der Waals surface area contributed by atoms with Crippen LogP contribution in [0.1, 0.15) is 67.9 Å². The van der Waals surface area contributed by atoms with Crippen molar-refractivity contribution in [2.75, 3.05) is 116 Å². The number of rotatable bonds is 16. The average molecular weight is 1050 g/mol. The quantitative estimate of drug-likeness (QED) is 0.0344. The molecule has 18 nitrogen and oxygen atoms in total. The number of H-pyrrole nitrogens is 1. The summed E-state index contributed by atoms with van der Waals surface area (Å²) >= 11 is 9.53.